The van der Waals surface area contributed by atoms with Crippen molar-refractivity contribution >= 4 is 35.0 Å². The van der Waals surface area contributed by atoms with Crippen molar-refractivity contribution in [3.63, 3.8) is 0 Å². The van der Waals surface area contributed by atoms with Crippen LogP contribution in [0.15, 0.2) is 53.4 Å². The standard InChI is InChI=1S/C18H15N3O5S/c1-12(27-15-8-6-14(7-9-15)21(24)25)18(23)26-11-17(22)20-16-5-3-2-4-13(16)10-19/h2-9,12H,11H2,1H3,(H,20,22)/t12-/m1/s1. The van der Waals surface area contributed by atoms with Crippen molar-refractivity contribution in [1.82, 2.24) is 0 Å². The van der Waals surface area contributed by atoms with Crippen LogP contribution in [0, 0.1) is 21.4 Å². The van der Waals surface area contributed by atoms with Gasteiger partial charge in [0, 0.05) is 17.0 Å². The summed E-state index contributed by atoms with van der Waals surface area (Å²) >= 11 is 1.16. The quantitative estimate of drug-likeness (QED) is 0.336. The lowest BCUT2D eigenvalue weighted by Gasteiger charge is -2.11. The molecule has 138 valence electrons. The van der Waals surface area contributed by atoms with E-state index in [0.717, 1.165) is 11.8 Å². The van der Waals surface area contributed by atoms with E-state index >= 15 is 0 Å². The van der Waals surface area contributed by atoms with Crippen LogP contribution >= 0.6 is 11.8 Å². The van der Waals surface area contributed by atoms with Gasteiger partial charge in [-0.05, 0) is 31.2 Å². The zero-order valence-electron chi connectivity index (χ0n) is 14.2. The molecule has 0 aromatic heterocycles. The van der Waals surface area contributed by atoms with Gasteiger partial charge >= 0.3 is 5.97 Å². The number of carbonyl (C=O) groups is 2. The van der Waals surface area contributed by atoms with E-state index in [1.165, 1.54) is 24.3 Å². The van der Waals surface area contributed by atoms with Gasteiger partial charge in [-0.25, -0.2) is 0 Å². The first-order chi connectivity index (χ1) is 12.9. The minimum absolute atomic E-state index is 0.0381. The van der Waals surface area contributed by atoms with Gasteiger partial charge in [-0.15, -0.1) is 11.8 Å². The average molecular weight is 385 g/mol. The Hall–Kier alpha value is -3.38. The summed E-state index contributed by atoms with van der Waals surface area (Å²) in [5.74, 6) is -1.15. The molecule has 8 nitrogen and oxygen atoms in total. The molecule has 9 heteroatoms. The summed E-state index contributed by atoms with van der Waals surface area (Å²) in [7, 11) is 0. The van der Waals surface area contributed by atoms with Crippen molar-refractivity contribution in [1.29, 1.82) is 5.26 Å². The first kappa shape index (κ1) is 19.9. The highest BCUT2D eigenvalue weighted by Crippen LogP contribution is 2.26. The van der Waals surface area contributed by atoms with Crippen LogP contribution in [-0.4, -0.2) is 28.7 Å². The van der Waals surface area contributed by atoms with Gasteiger partial charge < -0.3 is 10.1 Å². The van der Waals surface area contributed by atoms with E-state index in [2.05, 4.69) is 5.32 Å². The Morgan fingerprint density at radius 3 is 2.56 bits per heavy atom. The summed E-state index contributed by atoms with van der Waals surface area (Å²) in [6.45, 7) is 1.13. The van der Waals surface area contributed by atoms with Crippen LogP contribution in [0.25, 0.3) is 0 Å². The molecular formula is C18H15N3O5S. The second-order valence-electron chi connectivity index (χ2n) is 5.32. The molecule has 1 N–H and O–H groups in total. The number of anilines is 1. The van der Waals surface area contributed by atoms with E-state index in [0.29, 0.717) is 16.1 Å². The molecule has 1 amide bonds. The Bertz CT molecular complexity index is 893. The van der Waals surface area contributed by atoms with Crippen LogP contribution in [0.2, 0.25) is 0 Å². The number of nitrogens with zero attached hydrogens (tertiary/aromatic N) is 2. The van der Waals surface area contributed by atoms with Gasteiger partial charge in [-0.2, -0.15) is 5.26 Å². The molecule has 0 saturated carbocycles. The Kier molecular flexibility index (Phi) is 6.91. The molecule has 2 aromatic carbocycles. The molecule has 0 bridgehead atoms. The number of thioether (sulfide) groups is 1. The maximum Gasteiger partial charge on any atom is 0.319 e. The lowest BCUT2D eigenvalue weighted by atomic mass is 10.2. The van der Waals surface area contributed by atoms with Gasteiger partial charge in [-0.1, -0.05) is 12.1 Å². The topological polar surface area (TPSA) is 122 Å². The highest BCUT2D eigenvalue weighted by atomic mass is 32.2. The number of amides is 1. The largest absolute Gasteiger partial charge is 0.455 e. The van der Waals surface area contributed by atoms with Gasteiger partial charge in [0.1, 0.15) is 11.3 Å². The van der Waals surface area contributed by atoms with Crippen LogP contribution in [0.5, 0.6) is 0 Å². The van der Waals surface area contributed by atoms with Crippen molar-refractivity contribution in [3.8, 4) is 6.07 Å². The fraction of sp³-hybridized carbons (Fsp3) is 0.167. The van der Waals surface area contributed by atoms with Gasteiger partial charge in [0.25, 0.3) is 11.6 Å². The van der Waals surface area contributed by atoms with Crippen molar-refractivity contribution in [2.75, 3.05) is 11.9 Å². The van der Waals surface area contributed by atoms with Crippen LogP contribution in [0.3, 0.4) is 0 Å². The molecular weight excluding hydrogens is 370 g/mol. The predicted octanol–water partition coefficient (Wildman–Crippen LogP) is 3.13. The second kappa shape index (κ2) is 9.35. The third kappa shape index (κ3) is 5.83. The van der Waals surface area contributed by atoms with Crippen LogP contribution in [0.1, 0.15) is 12.5 Å². The highest BCUT2D eigenvalue weighted by molar-refractivity contribution is 8.00. The number of rotatable bonds is 7. The van der Waals surface area contributed by atoms with Crippen LogP contribution in [0.4, 0.5) is 11.4 Å². The molecule has 0 aliphatic heterocycles. The Morgan fingerprint density at radius 1 is 1.26 bits per heavy atom. The number of carbonyl (C=O) groups excluding carboxylic acids is 2. The lowest BCUT2D eigenvalue weighted by molar-refractivity contribution is -0.384. The van der Waals surface area contributed by atoms with Gasteiger partial charge in [0.05, 0.1) is 16.2 Å². The minimum Gasteiger partial charge on any atom is -0.455 e. The molecule has 0 heterocycles. The van der Waals surface area contributed by atoms with Crippen LogP contribution in [-0.2, 0) is 14.3 Å². The van der Waals surface area contributed by atoms with Crippen molar-refractivity contribution in [2.45, 2.75) is 17.1 Å². The zero-order chi connectivity index (χ0) is 19.8. The number of hydrogen-bond donors (Lipinski definition) is 1. The molecule has 2 aromatic rings. The van der Waals surface area contributed by atoms with E-state index in [-0.39, 0.29) is 5.69 Å². The number of benzene rings is 2. The molecule has 0 radical (unpaired) electrons. The number of esters is 1. The summed E-state index contributed by atoms with van der Waals surface area (Å²) in [4.78, 5) is 34.7. The fourth-order valence-corrected chi connectivity index (χ4v) is 2.89. The first-order valence-electron chi connectivity index (χ1n) is 7.77. The fourth-order valence-electron chi connectivity index (χ4n) is 2.03. The van der Waals surface area contributed by atoms with Crippen molar-refractivity contribution in [3.05, 3.63) is 64.2 Å². The number of non-ortho nitro benzene ring substituents is 1. The number of nitro groups is 1. The molecule has 2 rings (SSSR count). The number of nitro benzene ring substituents is 1. The summed E-state index contributed by atoms with van der Waals surface area (Å²) < 4.78 is 4.98. The minimum atomic E-state index is -0.606. The summed E-state index contributed by atoms with van der Waals surface area (Å²) in [5.41, 5.74) is 0.609. The highest BCUT2D eigenvalue weighted by Gasteiger charge is 2.18. The maximum absolute atomic E-state index is 12.0. The van der Waals surface area contributed by atoms with Gasteiger partial charge in [0.15, 0.2) is 6.61 Å². The van der Waals surface area contributed by atoms with E-state index in [4.69, 9.17) is 10.00 Å². The smallest absolute Gasteiger partial charge is 0.319 e. The molecule has 1 atom stereocenters. The second-order valence-corrected chi connectivity index (χ2v) is 6.74. The third-order valence-corrected chi connectivity index (χ3v) is 4.45. The molecule has 0 aliphatic carbocycles. The molecule has 0 fully saturated rings. The third-order valence-electron chi connectivity index (χ3n) is 3.36. The Morgan fingerprint density at radius 2 is 1.93 bits per heavy atom. The number of hydrogen-bond acceptors (Lipinski definition) is 7. The number of nitriles is 1. The molecule has 0 spiro atoms. The zero-order valence-corrected chi connectivity index (χ0v) is 15.1. The lowest BCUT2D eigenvalue weighted by Crippen LogP contribution is -2.25. The SMILES string of the molecule is C[C@@H](Sc1ccc([N+](=O)[O-])cc1)C(=O)OCC(=O)Nc1ccccc1C#N. The average Bonchev–Trinajstić information content (AvgIpc) is 2.66. The van der Waals surface area contributed by atoms with E-state index in [9.17, 15) is 19.7 Å². The number of ether oxygens (including phenoxy) is 1. The normalized spacial score (nSPS) is 11.1. The Labute approximate surface area is 159 Å². The summed E-state index contributed by atoms with van der Waals surface area (Å²) in [5, 5.41) is 21.5. The monoisotopic (exact) mass is 385 g/mol. The molecule has 0 unspecified atom stereocenters. The van der Waals surface area contributed by atoms with E-state index < -0.39 is 28.7 Å². The molecule has 0 aliphatic rings. The van der Waals surface area contributed by atoms with Gasteiger partial charge in [-0.3, -0.25) is 19.7 Å². The predicted molar refractivity (Wildman–Crippen MR) is 99.2 cm³/mol. The van der Waals surface area contributed by atoms with Crippen LogP contribution < -0.4 is 5.32 Å². The summed E-state index contributed by atoms with van der Waals surface area (Å²) in [6.07, 6.45) is 0. The van der Waals surface area contributed by atoms with Crippen molar-refractivity contribution in [2.24, 2.45) is 0 Å². The molecule has 27 heavy (non-hydrogen) atoms. The van der Waals surface area contributed by atoms with E-state index in [1.807, 2.05) is 6.07 Å². The van der Waals surface area contributed by atoms with Crippen molar-refractivity contribution < 1.29 is 19.2 Å². The number of nitrogens with one attached hydrogen (secondary N) is 1. The molecule has 0 saturated heterocycles. The number of para-hydroxylation sites is 1. The van der Waals surface area contributed by atoms with E-state index in [1.54, 1.807) is 31.2 Å². The Balaban J connectivity index is 1.84. The first-order valence-corrected chi connectivity index (χ1v) is 8.65. The van der Waals surface area contributed by atoms with Gasteiger partial charge in [0.2, 0.25) is 0 Å². The maximum atomic E-state index is 12.0. The summed E-state index contributed by atoms with van der Waals surface area (Å²) in [6, 6.07) is 14.2.